The van der Waals surface area contributed by atoms with Gasteiger partial charge in [0.15, 0.2) is 23.0 Å². The third kappa shape index (κ3) is 6.64. The van der Waals surface area contributed by atoms with E-state index in [9.17, 15) is 14.9 Å². The number of carbonyl (C=O) groups is 2. The van der Waals surface area contributed by atoms with Crippen molar-refractivity contribution in [3.05, 3.63) is 89.0 Å². The predicted octanol–water partition coefficient (Wildman–Crippen LogP) is 4.20. The smallest absolute Gasteiger partial charge is 0.343 e. The predicted molar refractivity (Wildman–Crippen MR) is 134 cm³/mol. The summed E-state index contributed by atoms with van der Waals surface area (Å²) in [7, 11) is 4.40. The Bertz CT molecular complexity index is 1300. The summed E-state index contributed by atoms with van der Waals surface area (Å²) in [5.41, 5.74) is 1.83. The normalized spacial score (nSPS) is 10.7. The van der Waals surface area contributed by atoms with Crippen LogP contribution < -0.4 is 24.3 Å². The minimum absolute atomic E-state index is 0.0554. The van der Waals surface area contributed by atoms with Crippen molar-refractivity contribution in [2.45, 2.75) is 6.42 Å². The fraction of sp³-hybridized carbons (Fsp3) is 0.179. The Hall–Kier alpha value is -4.77. The molecule has 3 rings (SSSR count). The van der Waals surface area contributed by atoms with Gasteiger partial charge >= 0.3 is 5.97 Å². The third-order valence-electron chi connectivity index (χ3n) is 5.23. The van der Waals surface area contributed by atoms with Gasteiger partial charge in [-0.2, -0.15) is 5.26 Å². The Labute approximate surface area is 209 Å². The summed E-state index contributed by atoms with van der Waals surface area (Å²) in [6.07, 6.45) is 2.10. The minimum atomic E-state index is -0.618. The summed E-state index contributed by atoms with van der Waals surface area (Å²) in [4.78, 5) is 25.1. The first-order valence-electron chi connectivity index (χ1n) is 11.0. The minimum Gasteiger partial charge on any atom is -0.493 e. The number of nitrogens with zero attached hydrogens (tertiary/aromatic N) is 1. The van der Waals surface area contributed by atoms with Gasteiger partial charge in [-0.1, -0.05) is 36.4 Å². The van der Waals surface area contributed by atoms with Crippen LogP contribution in [0.5, 0.6) is 23.0 Å². The Morgan fingerprint density at radius 1 is 0.861 bits per heavy atom. The number of nitrogens with one attached hydrogen (secondary N) is 1. The zero-order chi connectivity index (χ0) is 25.9. The molecule has 0 unspecified atom stereocenters. The average molecular weight is 487 g/mol. The summed E-state index contributed by atoms with van der Waals surface area (Å²) >= 11 is 0. The maximum absolute atomic E-state index is 12.7. The van der Waals surface area contributed by atoms with Gasteiger partial charge in [0.25, 0.3) is 5.91 Å². The van der Waals surface area contributed by atoms with Crippen LogP contribution in [0.2, 0.25) is 0 Å². The SMILES string of the molecule is COc1ccc(C(=O)Oc2ccc(/C=C(\C#N)C(=O)NCCc3ccccc3)cc2OC)cc1OC. The fourth-order valence-electron chi connectivity index (χ4n) is 3.36. The molecule has 0 aliphatic carbocycles. The van der Waals surface area contributed by atoms with E-state index in [-0.39, 0.29) is 22.6 Å². The van der Waals surface area contributed by atoms with Crippen molar-refractivity contribution < 1.29 is 28.5 Å². The molecule has 0 aromatic heterocycles. The molecule has 0 aliphatic rings. The van der Waals surface area contributed by atoms with Gasteiger partial charge in [-0.3, -0.25) is 4.79 Å². The van der Waals surface area contributed by atoms with Gasteiger partial charge < -0.3 is 24.3 Å². The zero-order valence-corrected chi connectivity index (χ0v) is 20.2. The highest BCUT2D eigenvalue weighted by Gasteiger charge is 2.16. The summed E-state index contributed by atoms with van der Waals surface area (Å²) in [6.45, 7) is 0.399. The standard InChI is InChI=1S/C28H26N2O6/c1-33-23-12-10-21(17-26(23)35-3)28(32)36-24-11-9-20(16-25(24)34-2)15-22(18-29)27(31)30-14-13-19-7-5-4-6-8-19/h4-12,15-17H,13-14H2,1-3H3,(H,30,31)/b22-15+. The lowest BCUT2D eigenvalue weighted by atomic mass is 10.1. The molecule has 3 aromatic carbocycles. The summed E-state index contributed by atoms with van der Waals surface area (Å²) in [5, 5.41) is 12.2. The van der Waals surface area contributed by atoms with Gasteiger partial charge in [-0.15, -0.1) is 0 Å². The van der Waals surface area contributed by atoms with Crippen LogP contribution in [0, 0.1) is 11.3 Å². The van der Waals surface area contributed by atoms with Crippen molar-refractivity contribution in [3.63, 3.8) is 0 Å². The van der Waals surface area contributed by atoms with E-state index in [1.807, 2.05) is 36.4 Å². The quantitative estimate of drug-likeness (QED) is 0.198. The molecule has 0 aliphatic heterocycles. The highest BCUT2D eigenvalue weighted by molar-refractivity contribution is 6.01. The number of hydrogen-bond acceptors (Lipinski definition) is 7. The Balaban J connectivity index is 1.71. The van der Waals surface area contributed by atoms with E-state index < -0.39 is 11.9 Å². The van der Waals surface area contributed by atoms with E-state index in [0.717, 1.165) is 5.56 Å². The van der Waals surface area contributed by atoms with Gasteiger partial charge in [-0.05, 0) is 54.0 Å². The van der Waals surface area contributed by atoms with Crippen LogP contribution in [0.1, 0.15) is 21.5 Å². The number of hydrogen-bond donors (Lipinski definition) is 1. The average Bonchev–Trinajstić information content (AvgIpc) is 2.92. The van der Waals surface area contributed by atoms with Crippen LogP contribution in [-0.2, 0) is 11.2 Å². The number of nitriles is 1. The largest absolute Gasteiger partial charge is 0.493 e. The monoisotopic (exact) mass is 486 g/mol. The van der Waals surface area contributed by atoms with Crippen LogP contribution in [0.25, 0.3) is 6.08 Å². The second kappa shape index (κ2) is 12.6. The lowest BCUT2D eigenvalue weighted by molar-refractivity contribution is -0.117. The van der Waals surface area contributed by atoms with Crippen LogP contribution in [0.15, 0.2) is 72.3 Å². The van der Waals surface area contributed by atoms with Crippen molar-refractivity contribution in [2.24, 2.45) is 0 Å². The lowest BCUT2D eigenvalue weighted by Gasteiger charge is -2.12. The summed E-state index contributed by atoms with van der Waals surface area (Å²) in [5.74, 6) is 0.231. The van der Waals surface area contributed by atoms with E-state index in [4.69, 9.17) is 18.9 Å². The van der Waals surface area contributed by atoms with E-state index in [0.29, 0.717) is 30.0 Å². The van der Waals surface area contributed by atoms with Gasteiger partial charge in [0, 0.05) is 6.54 Å². The van der Waals surface area contributed by atoms with E-state index >= 15 is 0 Å². The fourth-order valence-corrected chi connectivity index (χ4v) is 3.36. The highest BCUT2D eigenvalue weighted by atomic mass is 16.6. The molecule has 0 saturated carbocycles. The maximum atomic E-state index is 12.7. The molecule has 0 radical (unpaired) electrons. The second-order valence-electron chi connectivity index (χ2n) is 7.53. The van der Waals surface area contributed by atoms with E-state index in [1.54, 1.807) is 24.3 Å². The number of ether oxygens (including phenoxy) is 4. The van der Waals surface area contributed by atoms with Crippen molar-refractivity contribution in [1.29, 1.82) is 5.26 Å². The summed E-state index contributed by atoms with van der Waals surface area (Å²) < 4.78 is 21.3. The molecular formula is C28H26N2O6. The Morgan fingerprint density at radius 2 is 1.53 bits per heavy atom. The molecule has 0 atom stereocenters. The zero-order valence-electron chi connectivity index (χ0n) is 20.2. The Kier molecular flexibility index (Phi) is 9.06. The number of methoxy groups -OCH3 is 3. The van der Waals surface area contributed by atoms with Crippen LogP contribution in [-0.4, -0.2) is 39.8 Å². The first-order valence-corrected chi connectivity index (χ1v) is 11.0. The van der Waals surface area contributed by atoms with E-state index in [2.05, 4.69) is 5.32 Å². The molecule has 8 nitrogen and oxygen atoms in total. The van der Waals surface area contributed by atoms with Crippen molar-refractivity contribution in [1.82, 2.24) is 5.32 Å². The topological polar surface area (TPSA) is 107 Å². The number of rotatable bonds is 10. The molecule has 184 valence electrons. The first kappa shape index (κ1) is 25.8. The number of carbonyl (C=O) groups excluding carboxylic acids is 2. The van der Waals surface area contributed by atoms with Gasteiger partial charge in [0.2, 0.25) is 0 Å². The Morgan fingerprint density at radius 3 is 2.19 bits per heavy atom. The molecule has 36 heavy (non-hydrogen) atoms. The highest BCUT2D eigenvalue weighted by Crippen LogP contribution is 2.31. The molecule has 0 saturated heterocycles. The van der Waals surface area contributed by atoms with Crippen molar-refractivity contribution >= 4 is 18.0 Å². The van der Waals surface area contributed by atoms with Crippen LogP contribution in [0.4, 0.5) is 0 Å². The molecule has 0 heterocycles. The first-order chi connectivity index (χ1) is 17.5. The molecule has 0 bridgehead atoms. The van der Waals surface area contributed by atoms with Crippen LogP contribution >= 0.6 is 0 Å². The molecule has 0 spiro atoms. The second-order valence-corrected chi connectivity index (χ2v) is 7.53. The summed E-state index contributed by atoms with van der Waals surface area (Å²) in [6, 6.07) is 21.1. The van der Waals surface area contributed by atoms with Gasteiger partial charge in [0.1, 0.15) is 11.6 Å². The van der Waals surface area contributed by atoms with Gasteiger partial charge in [0.05, 0.1) is 26.9 Å². The van der Waals surface area contributed by atoms with Crippen molar-refractivity contribution in [3.8, 4) is 29.1 Å². The van der Waals surface area contributed by atoms with Crippen molar-refractivity contribution in [2.75, 3.05) is 27.9 Å². The third-order valence-corrected chi connectivity index (χ3v) is 5.23. The molecule has 8 heteroatoms. The molecular weight excluding hydrogens is 460 g/mol. The molecule has 0 fully saturated rings. The number of esters is 1. The van der Waals surface area contributed by atoms with Gasteiger partial charge in [-0.25, -0.2) is 4.79 Å². The number of amides is 1. The van der Waals surface area contributed by atoms with E-state index in [1.165, 1.54) is 39.5 Å². The molecule has 1 N–H and O–H groups in total. The lowest BCUT2D eigenvalue weighted by Crippen LogP contribution is -2.26. The number of benzene rings is 3. The maximum Gasteiger partial charge on any atom is 0.343 e. The molecule has 3 aromatic rings. The van der Waals surface area contributed by atoms with Crippen LogP contribution in [0.3, 0.4) is 0 Å². The molecule has 1 amide bonds.